The molecule has 0 aromatic carbocycles. The average molecular weight is 340 g/mol. The van der Waals surface area contributed by atoms with Crippen molar-refractivity contribution in [3.63, 3.8) is 0 Å². The first kappa shape index (κ1) is 16.6. The molecular weight excluding hydrogens is 316 g/mol. The Morgan fingerprint density at radius 1 is 1.35 bits per heavy atom. The van der Waals surface area contributed by atoms with Gasteiger partial charge in [0.2, 0.25) is 16.0 Å². The summed E-state index contributed by atoms with van der Waals surface area (Å²) in [5, 5.41) is 3.30. The van der Waals surface area contributed by atoms with Crippen molar-refractivity contribution in [1.82, 2.24) is 14.3 Å². The maximum absolute atomic E-state index is 12.2. The van der Waals surface area contributed by atoms with Gasteiger partial charge in [-0.05, 0) is 31.7 Å². The fourth-order valence-corrected chi connectivity index (χ4v) is 4.91. The zero-order valence-electron chi connectivity index (χ0n) is 13.4. The van der Waals surface area contributed by atoms with E-state index in [1.165, 1.54) is 0 Å². The Morgan fingerprint density at radius 3 is 2.70 bits per heavy atom. The fraction of sp³-hybridized carbons (Fsp3) is 0.733. The SMILES string of the molecule is CCCS(=O)(=O)N1CCC2(CC1)CC(Nc1ncccn1)CO2. The van der Waals surface area contributed by atoms with Crippen molar-refractivity contribution in [2.24, 2.45) is 0 Å². The standard InChI is InChI=1S/C15H24N4O3S/c1-2-10-23(20,21)19-8-4-15(5-9-19)11-13(12-22-15)18-14-16-6-3-7-17-14/h3,6-7,13H,2,4-5,8-12H2,1H3,(H,16,17,18). The Balaban J connectivity index is 1.55. The maximum Gasteiger partial charge on any atom is 0.222 e. The molecule has 1 unspecified atom stereocenters. The molecule has 1 atom stereocenters. The smallest absolute Gasteiger partial charge is 0.222 e. The second kappa shape index (κ2) is 6.70. The van der Waals surface area contributed by atoms with Gasteiger partial charge in [-0.15, -0.1) is 0 Å². The van der Waals surface area contributed by atoms with Crippen LogP contribution in [0.15, 0.2) is 18.5 Å². The number of nitrogens with one attached hydrogen (secondary N) is 1. The lowest BCUT2D eigenvalue weighted by molar-refractivity contribution is -0.0310. The summed E-state index contributed by atoms with van der Waals surface area (Å²) in [6.45, 7) is 3.61. The van der Waals surface area contributed by atoms with Crippen molar-refractivity contribution < 1.29 is 13.2 Å². The minimum atomic E-state index is -3.10. The van der Waals surface area contributed by atoms with Crippen LogP contribution < -0.4 is 5.32 Å². The lowest BCUT2D eigenvalue weighted by Crippen LogP contribution is -2.47. The summed E-state index contributed by atoms with van der Waals surface area (Å²) >= 11 is 0. The third-order valence-electron chi connectivity index (χ3n) is 4.60. The highest BCUT2D eigenvalue weighted by atomic mass is 32.2. The molecule has 0 amide bonds. The first-order valence-electron chi connectivity index (χ1n) is 8.18. The van der Waals surface area contributed by atoms with Crippen molar-refractivity contribution in [3.05, 3.63) is 18.5 Å². The van der Waals surface area contributed by atoms with Crippen LogP contribution in [0.25, 0.3) is 0 Å². The van der Waals surface area contributed by atoms with Gasteiger partial charge in [-0.25, -0.2) is 22.7 Å². The van der Waals surface area contributed by atoms with E-state index in [-0.39, 0.29) is 17.4 Å². The Bertz CT molecular complexity index is 615. The highest BCUT2D eigenvalue weighted by Gasteiger charge is 2.44. The van der Waals surface area contributed by atoms with Gasteiger partial charge in [-0.1, -0.05) is 6.92 Å². The molecule has 3 heterocycles. The summed E-state index contributed by atoms with van der Waals surface area (Å²) in [6, 6.07) is 1.96. The van der Waals surface area contributed by atoms with E-state index in [4.69, 9.17) is 4.74 Å². The quantitative estimate of drug-likeness (QED) is 0.868. The maximum atomic E-state index is 12.2. The van der Waals surface area contributed by atoms with Gasteiger partial charge < -0.3 is 10.1 Å². The molecule has 2 aliphatic heterocycles. The largest absolute Gasteiger partial charge is 0.373 e. The number of anilines is 1. The van der Waals surface area contributed by atoms with Crippen LogP contribution in [0, 0.1) is 0 Å². The number of sulfonamides is 1. The molecule has 128 valence electrons. The van der Waals surface area contributed by atoms with Crippen LogP contribution in [0.3, 0.4) is 0 Å². The molecule has 0 bridgehead atoms. The lowest BCUT2D eigenvalue weighted by Gasteiger charge is -2.38. The van der Waals surface area contributed by atoms with Crippen molar-refractivity contribution in [2.75, 3.05) is 30.8 Å². The van der Waals surface area contributed by atoms with Crippen LogP contribution in [0.2, 0.25) is 0 Å². The van der Waals surface area contributed by atoms with Gasteiger partial charge in [-0.3, -0.25) is 0 Å². The van der Waals surface area contributed by atoms with E-state index < -0.39 is 10.0 Å². The molecule has 0 saturated carbocycles. The molecule has 23 heavy (non-hydrogen) atoms. The molecule has 1 aromatic heterocycles. The van der Waals surface area contributed by atoms with Gasteiger partial charge in [0.05, 0.1) is 24.0 Å². The van der Waals surface area contributed by atoms with Crippen LogP contribution in [0.1, 0.15) is 32.6 Å². The van der Waals surface area contributed by atoms with Crippen LogP contribution in [-0.4, -0.2) is 59.8 Å². The lowest BCUT2D eigenvalue weighted by atomic mass is 9.88. The highest BCUT2D eigenvalue weighted by molar-refractivity contribution is 7.89. The summed E-state index contributed by atoms with van der Waals surface area (Å²) in [4.78, 5) is 8.35. The normalized spacial score (nSPS) is 24.8. The van der Waals surface area contributed by atoms with Crippen LogP contribution in [-0.2, 0) is 14.8 Å². The van der Waals surface area contributed by atoms with Crippen molar-refractivity contribution in [3.8, 4) is 0 Å². The van der Waals surface area contributed by atoms with E-state index in [2.05, 4.69) is 15.3 Å². The third kappa shape index (κ3) is 3.81. The zero-order chi connectivity index (χ0) is 16.3. The third-order valence-corrected chi connectivity index (χ3v) is 6.67. The molecule has 2 fully saturated rings. The van der Waals surface area contributed by atoms with Gasteiger partial charge >= 0.3 is 0 Å². The number of nitrogens with zero attached hydrogens (tertiary/aromatic N) is 3. The number of ether oxygens (including phenoxy) is 1. The van der Waals surface area contributed by atoms with Crippen molar-refractivity contribution in [2.45, 2.75) is 44.2 Å². The molecule has 1 spiro atoms. The van der Waals surface area contributed by atoms with E-state index in [1.807, 2.05) is 6.92 Å². The van der Waals surface area contributed by atoms with Gasteiger partial charge in [0.1, 0.15) is 0 Å². The molecule has 8 heteroatoms. The average Bonchev–Trinajstić information content (AvgIpc) is 2.91. The number of hydrogen-bond acceptors (Lipinski definition) is 6. The van der Waals surface area contributed by atoms with Crippen molar-refractivity contribution in [1.29, 1.82) is 0 Å². The Hall–Kier alpha value is -1.25. The number of piperidine rings is 1. The van der Waals surface area contributed by atoms with Crippen LogP contribution in [0.4, 0.5) is 5.95 Å². The minimum Gasteiger partial charge on any atom is -0.373 e. The van der Waals surface area contributed by atoms with E-state index in [0.29, 0.717) is 32.1 Å². The molecular formula is C15H24N4O3S. The first-order chi connectivity index (χ1) is 11.0. The predicted molar refractivity (Wildman–Crippen MR) is 87.6 cm³/mol. The second-order valence-electron chi connectivity index (χ2n) is 6.33. The monoisotopic (exact) mass is 340 g/mol. The summed E-state index contributed by atoms with van der Waals surface area (Å²) in [7, 11) is -3.10. The Morgan fingerprint density at radius 2 is 2.04 bits per heavy atom. The highest BCUT2D eigenvalue weighted by Crippen LogP contribution is 2.37. The van der Waals surface area contributed by atoms with Gasteiger partial charge in [0, 0.05) is 25.5 Å². The minimum absolute atomic E-state index is 0.177. The Labute approximate surface area is 137 Å². The van der Waals surface area contributed by atoms with Gasteiger partial charge in [-0.2, -0.15) is 0 Å². The predicted octanol–water partition coefficient (Wildman–Crippen LogP) is 1.25. The second-order valence-corrected chi connectivity index (χ2v) is 8.42. The topological polar surface area (TPSA) is 84.4 Å². The molecule has 1 N–H and O–H groups in total. The van der Waals surface area contributed by atoms with Crippen LogP contribution >= 0.6 is 0 Å². The van der Waals surface area contributed by atoms with Gasteiger partial charge in [0.15, 0.2) is 0 Å². The van der Waals surface area contributed by atoms with Crippen LogP contribution in [0.5, 0.6) is 0 Å². The van der Waals surface area contributed by atoms with E-state index in [1.54, 1.807) is 22.8 Å². The number of rotatable bonds is 5. The summed E-state index contributed by atoms with van der Waals surface area (Å²) < 4.78 is 32.0. The summed E-state index contributed by atoms with van der Waals surface area (Å²) in [5.74, 6) is 0.845. The van der Waals surface area contributed by atoms with Gasteiger partial charge in [0.25, 0.3) is 0 Å². The molecule has 0 radical (unpaired) electrons. The van der Waals surface area contributed by atoms with E-state index >= 15 is 0 Å². The summed E-state index contributed by atoms with van der Waals surface area (Å²) in [5.41, 5.74) is -0.204. The summed E-state index contributed by atoms with van der Waals surface area (Å²) in [6.07, 6.45) is 6.44. The number of aromatic nitrogens is 2. The molecule has 7 nitrogen and oxygen atoms in total. The molecule has 1 aromatic rings. The van der Waals surface area contributed by atoms with Crippen molar-refractivity contribution >= 4 is 16.0 Å². The molecule has 2 saturated heterocycles. The Kier molecular flexibility index (Phi) is 4.84. The van der Waals surface area contributed by atoms with E-state index in [0.717, 1.165) is 19.3 Å². The molecule has 2 aliphatic rings. The zero-order valence-corrected chi connectivity index (χ0v) is 14.3. The fourth-order valence-electron chi connectivity index (χ4n) is 3.40. The first-order valence-corrected chi connectivity index (χ1v) is 9.79. The van der Waals surface area contributed by atoms with E-state index in [9.17, 15) is 8.42 Å². The molecule has 3 rings (SSSR count). The number of hydrogen-bond donors (Lipinski definition) is 1. The molecule has 0 aliphatic carbocycles.